The van der Waals surface area contributed by atoms with Crippen molar-refractivity contribution in [3.8, 4) is 28.1 Å². The number of methoxy groups -OCH3 is 1. The lowest BCUT2D eigenvalue weighted by Crippen LogP contribution is -2.48. The summed E-state index contributed by atoms with van der Waals surface area (Å²) in [5.41, 5.74) is 4.05. The highest BCUT2D eigenvalue weighted by molar-refractivity contribution is 5.67. The molecule has 0 saturated carbocycles. The van der Waals surface area contributed by atoms with Gasteiger partial charge in [0.05, 0.1) is 24.3 Å². The molecular formula is C34H42N6O2. The minimum atomic E-state index is 0.0210. The molecule has 8 heterocycles. The van der Waals surface area contributed by atoms with Crippen LogP contribution in [0, 0.1) is 17.8 Å². The molecule has 2 aromatic carbocycles. The van der Waals surface area contributed by atoms with Gasteiger partial charge in [0.1, 0.15) is 0 Å². The Labute approximate surface area is 247 Å². The summed E-state index contributed by atoms with van der Waals surface area (Å²) in [6, 6.07) is 20.7. The van der Waals surface area contributed by atoms with Gasteiger partial charge in [-0.25, -0.2) is 0 Å². The van der Waals surface area contributed by atoms with Gasteiger partial charge in [0.2, 0.25) is 5.88 Å². The van der Waals surface area contributed by atoms with Crippen LogP contribution in [0.3, 0.4) is 0 Å². The minimum Gasteiger partial charge on any atom is -0.479 e. The molecular weight excluding hydrogens is 524 g/mol. The van der Waals surface area contributed by atoms with Crippen molar-refractivity contribution in [3.05, 3.63) is 83.4 Å². The summed E-state index contributed by atoms with van der Waals surface area (Å²) in [4.78, 5) is 17.3. The lowest BCUT2D eigenvalue weighted by Gasteiger charge is -2.44. The number of aromatic amines is 1. The highest BCUT2D eigenvalue weighted by Gasteiger charge is 2.36. The molecule has 4 bridgehead atoms. The van der Waals surface area contributed by atoms with E-state index < -0.39 is 0 Å². The second-order valence-electron chi connectivity index (χ2n) is 12.5. The summed E-state index contributed by atoms with van der Waals surface area (Å²) < 4.78 is 9.64. The van der Waals surface area contributed by atoms with Crippen molar-refractivity contribution in [2.45, 2.75) is 38.3 Å². The average Bonchev–Trinajstić information content (AvgIpc) is 3.66. The van der Waals surface area contributed by atoms with Crippen molar-refractivity contribution in [3.63, 3.8) is 0 Å². The molecule has 1 N–H and O–H groups in total. The highest BCUT2D eigenvalue weighted by Crippen LogP contribution is 2.36. The third-order valence-corrected chi connectivity index (χ3v) is 10.0. The SMILES string of the molecule is COc1nn(CC2CN3CCC2CC3)cc1-c1ccccc1.O=c1[nH]n(C2CN3CCC2CC3)cc1-c1ccccc1. The number of H-pyrrole nitrogens is 1. The van der Waals surface area contributed by atoms with Crippen LogP contribution >= 0.6 is 0 Å². The summed E-state index contributed by atoms with van der Waals surface area (Å²) in [5, 5.41) is 7.69. The third kappa shape index (κ3) is 5.57. The number of ether oxygens (including phenoxy) is 1. The first-order valence-corrected chi connectivity index (χ1v) is 15.6. The predicted molar refractivity (Wildman–Crippen MR) is 166 cm³/mol. The number of aromatic nitrogens is 4. The Hall–Kier alpha value is -3.62. The van der Waals surface area contributed by atoms with Crippen LogP contribution < -0.4 is 10.3 Å². The number of benzene rings is 2. The van der Waals surface area contributed by atoms with Crippen LogP contribution in [0.25, 0.3) is 22.3 Å². The second kappa shape index (κ2) is 11.9. The largest absolute Gasteiger partial charge is 0.479 e. The maximum absolute atomic E-state index is 12.2. The summed E-state index contributed by atoms with van der Waals surface area (Å²) >= 11 is 0. The van der Waals surface area contributed by atoms with Gasteiger partial charge in [-0.15, -0.1) is 5.10 Å². The van der Waals surface area contributed by atoms with E-state index >= 15 is 0 Å². The molecule has 8 nitrogen and oxygen atoms in total. The van der Waals surface area contributed by atoms with Crippen LogP contribution in [0.2, 0.25) is 0 Å². The molecule has 4 aromatic rings. The summed E-state index contributed by atoms with van der Waals surface area (Å²) in [6.45, 7) is 8.33. The van der Waals surface area contributed by atoms with Gasteiger partial charge in [-0.05, 0) is 80.7 Å². The van der Waals surface area contributed by atoms with Gasteiger partial charge in [-0.2, -0.15) is 0 Å². The van der Waals surface area contributed by atoms with Gasteiger partial charge in [-0.1, -0.05) is 60.7 Å². The first-order chi connectivity index (χ1) is 20.6. The van der Waals surface area contributed by atoms with Crippen molar-refractivity contribution in [2.75, 3.05) is 46.4 Å². The number of fused-ring (bicyclic) bond motifs is 6. The highest BCUT2D eigenvalue weighted by atomic mass is 16.5. The van der Waals surface area contributed by atoms with Crippen molar-refractivity contribution in [2.24, 2.45) is 17.8 Å². The Morgan fingerprint density at radius 2 is 1.38 bits per heavy atom. The smallest absolute Gasteiger partial charge is 0.271 e. The fourth-order valence-electron chi connectivity index (χ4n) is 7.66. The maximum atomic E-state index is 12.2. The molecule has 2 aromatic heterocycles. The van der Waals surface area contributed by atoms with Gasteiger partial charge < -0.3 is 14.5 Å². The van der Waals surface area contributed by atoms with E-state index in [0.29, 0.717) is 12.0 Å². The van der Waals surface area contributed by atoms with Crippen LogP contribution in [0.15, 0.2) is 77.9 Å². The van der Waals surface area contributed by atoms with Crippen LogP contribution in [0.5, 0.6) is 5.88 Å². The molecule has 0 spiro atoms. The molecule has 6 saturated heterocycles. The third-order valence-electron chi connectivity index (χ3n) is 10.0. The van der Waals surface area contributed by atoms with Crippen LogP contribution in [0.1, 0.15) is 31.7 Å². The van der Waals surface area contributed by atoms with Crippen LogP contribution in [-0.2, 0) is 6.54 Å². The molecule has 0 amide bonds. The van der Waals surface area contributed by atoms with E-state index in [2.05, 4.69) is 59.8 Å². The van der Waals surface area contributed by atoms with Gasteiger partial charge in [0, 0.05) is 32.0 Å². The Morgan fingerprint density at radius 3 is 1.93 bits per heavy atom. The Balaban J connectivity index is 0.000000138. The van der Waals surface area contributed by atoms with E-state index in [1.54, 1.807) is 7.11 Å². The van der Waals surface area contributed by atoms with E-state index in [0.717, 1.165) is 47.5 Å². The van der Waals surface area contributed by atoms with Gasteiger partial charge >= 0.3 is 0 Å². The van der Waals surface area contributed by atoms with E-state index in [1.165, 1.54) is 64.0 Å². The molecule has 6 aliphatic rings. The number of rotatable bonds is 6. The normalized spacial score (nSPS) is 27.8. The molecule has 220 valence electrons. The first-order valence-electron chi connectivity index (χ1n) is 15.6. The van der Waals surface area contributed by atoms with Crippen molar-refractivity contribution >= 4 is 0 Å². The molecule has 6 aliphatic heterocycles. The van der Waals surface area contributed by atoms with Gasteiger partial charge in [0.25, 0.3) is 5.56 Å². The lowest BCUT2D eigenvalue weighted by atomic mass is 9.79. The molecule has 42 heavy (non-hydrogen) atoms. The average molecular weight is 567 g/mol. The zero-order valence-corrected chi connectivity index (χ0v) is 24.6. The minimum absolute atomic E-state index is 0.0210. The predicted octanol–water partition coefficient (Wildman–Crippen LogP) is 5.01. The molecule has 2 atom stereocenters. The van der Waals surface area contributed by atoms with Crippen LogP contribution in [0.4, 0.5) is 0 Å². The monoisotopic (exact) mass is 566 g/mol. The lowest BCUT2D eigenvalue weighted by molar-refractivity contribution is 0.0404. The Bertz CT molecular complexity index is 1510. The number of piperidine rings is 6. The number of hydrogen-bond donors (Lipinski definition) is 1. The second-order valence-corrected chi connectivity index (χ2v) is 12.5. The molecule has 0 radical (unpaired) electrons. The maximum Gasteiger partial charge on any atom is 0.271 e. The Kier molecular flexibility index (Phi) is 7.74. The summed E-state index contributed by atoms with van der Waals surface area (Å²) in [5.74, 6) is 3.05. The first kappa shape index (κ1) is 27.2. The molecule has 10 rings (SSSR count). The number of nitrogens with zero attached hydrogens (tertiary/aromatic N) is 5. The van der Waals surface area contributed by atoms with Crippen molar-refractivity contribution < 1.29 is 4.74 Å². The molecule has 6 fully saturated rings. The molecule has 0 aliphatic carbocycles. The summed E-state index contributed by atoms with van der Waals surface area (Å²) in [6.07, 6.45) is 9.37. The fraction of sp³-hybridized carbons (Fsp3) is 0.471. The van der Waals surface area contributed by atoms with Crippen molar-refractivity contribution in [1.82, 2.24) is 29.4 Å². The molecule has 2 unspecified atom stereocenters. The van der Waals surface area contributed by atoms with E-state index in [9.17, 15) is 4.79 Å². The fourth-order valence-corrected chi connectivity index (χ4v) is 7.66. The standard InChI is InChI=1S/C18H23N3O.C16H19N3O/c1-22-18-17(15-5-3-2-4-6-15)13-21(19-18)12-16-11-20-9-7-14(16)8-10-20;20-16-14(12-4-2-1-3-5-12)10-19(17-16)15-11-18-8-6-13(15)7-9-18/h2-6,13-14,16H,7-12H2,1H3;1-5,10,13,15H,6-9,11H2,(H,17,20). The van der Waals surface area contributed by atoms with E-state index in [1.807, 2.05) is 42.6 Å². The van der Waals surface area contributed by atoms with E-state index in [4.69, 9.17) is 4.74 Å². The van der Waals surface area contributed by atoms with Gasteiger partial charge in [0.15, 0.2) is 0 Å². The molecule has 8 heteroatoms. The Morgan fingerprint density at radius 1 is 0.786 bits per heavy atom. The topological polar surface area (TPSA) is 71.3 Å². The van der Waals surface area contributed by atoms with E-state index in [-0.39, 0.29) is 5.56 Å². The number of nitrogens with one attached hydrogen (secondary N) is 1. The summed E-state index contributed by atoms with van der Waals surface area (Å²) in [7, 11) is 1.70. The zero-order valence-electron chi connectivity index (χ0n) is 24.6. The number of hydrogen-bond acceptors (Lipinski definition) is 5. The quantitative estimate of drug-likeness (QED) is 0.355. The van der Waals surface area contributed by atoms with Crippen LogP contribution in [-0.4, -0.2) is 75.7 Å². The van der Waals surface area contributed by atoms with Crippen molar-refractivity contribution in [1.29, 1.82) is 0 Å². The zero-order chi connectivity index (χ0) is 28.5. The van der Waals surface area contributed by atoms with Gasteiger partial charge in [-0.3, -0.25) is 19.3 Å².